The molecule has 0 aromatic heterocycles. The average Bonchev–Trinajstić information content (AvgIpc) is 2.52. The van der Waals surface area contributed by atoms with Crippen LogP contribution in [-0.4, -0.2) is 31.5 Å². The van der Waals surface area contributed by atoms with Crippen molar-refractivity contribution >= 4 is 41.5 Å². The van der Waals surface area contributed by atoms with E-state index in [-0.39, 0.29) is 36.4 Å². The summed E-state index contributed by atoms with van der Waals surface area (Å²) < 4.78 is 0. The maximum Gasteiger partial charge on any atom is 0.243 e. The minimum atomic E-state index is -0.0900. The van der Waals surface area contributed by atoms with Crippen LogP contribution in [0.1, 0.15) is 39.5 Å². The van der Waals surface area contributed by atoms with Gasteiger partial charge in [-0.25, -0.2) is 0 Å². The highest BCUT2D eigenvalue weighted by atomic mass is 127. The highest BCUT2D eigenvalue weighted by molar-refractivity contribution is 14.0. The zero-order chi connectivity index (χ0) is 16.2. The van der Waals surface area contributed by atoms with E-state index < -0.39 is 0 Å². The fourth-order valence-electron chi connectivity index (χ4n) is 2.09. The van der Waals surface area contributed by atoms with Crippen LogP contribution >= 0.6 is 24.0 Å². The number of nitrogens with zero attached hydrogens (tertiary/aromatic N) is 1. The van der Waals surface area contributed by atoms with Gasteiger partial charge in [-0.2, -0.15) is 0 Å². The number of anilines is 1. The largest absolute Gasteiger partial charge is 0.354 e. The van der Waals surface area contributed by atoms with E-state index in [9.17, 15) is 4.79 Å². The molecular formula is C17H29IN4O. The first-order valence-corrected chi connectivity index (χ1v) is 7.97. The summed E-state index contributed by atoms with van der Waals surface area (Å²) in [6.45, 7) is 4.52. The Morgan fingerprint density at radius 1 is 1.22 bits per heavy atom. The van der Waals surface area contributed by atoms with Crippen molar-refractivity contribution in [3.8, 4) is 0 Å². The average molecular weight is 432 g/mol. The van der Waals surface area contributed by atoms with Crippen LogP contribution in [0.3, 0.4) is 0 Å². The molecule has 1 unspecified atom stereocenters. The van der Waals surface area contributed by atoms with Crippen molar-refractivity contribution in [2.24, 2.45) is 4.99 Å². The lowest BCUT2D eigenvalue weighted by atomic mass is 10.1. The molecular weight excluding hydrogens is 403 g/mol. The topological polar surface area (TPSA) is 65.5 Å². The van der Waals surface area contributed by atoms with Crippen molar-refractivity contribution in [3.63, 3.8) is 0 Å². The lowest BCUT2D eigenvalue weighted by Crippen LogP contribution is -2.44. The summed E-state index contributed by atoms with van der Waals surface area (Å²) >= 11 is 0. The standard InChI is InChI=1S/C17H28N4O.HI/c1-4-5-7-10-14(2)20-17(18-3)19-13-16(22)21-15-11-8-6-9-12-15;/h6,8-9,11-12,14H,4-5,7,10,13H2,1-3H3,(H,21,22)(H2,18,19,20);1H. The zero-order valence-corrected chi connectivity index (χ0v) is 16.6. The number of halogens is 1. The minimum absolute atomic E-state index is 0. The first kappa shape index (κ1) is 21.7. The van der Waals surface area contributed by atoms with Gasteiger partial charge in [0.1, 0.15) is 0 Å². The van der Waals surface area contributed by atoms with Crippen LogP contribution in [0.2, 0.25) is 0 Å². The first-order valence-electron chi connectivity index (χ1n) is 7.97. The molecule has 0 aliphatic rings. The Bertz CT molecular complexity index is 465. The second-order valence-corrected chi connectivity index (χ2v) is 5.38. The summed E-state index contributed by atoms with van der Waals surface area (Å²) in [5.74, 6) is 0.569. The quantitative estimate of drug-likeness (QED) is 0.256. The predicted molar refractivity (Wildman–Crippen MR) is 109 cm³/mol. The van der Waals surface area contributed by atoms with E-state index >= 15 is 0 Å². The number of benzene rings is 1. The van der Waals surface area contributed by atoms with E-state index in [4.69, 9.17) is 0 Å². The van der Waals surface area contributed by atoms with Crippen LogP contribution in [0.4, 0.5) is 5.69 Å². The van der Waals surface area contributed by atoms with Gasteiger partial charge >= 0.3 is 0 Å². The summed E-state index contributed by atoms with van der Waals surface area (Å²) in [7, 11) is 1.71. The molecule has 3 N–H and O–H groups in total. The maximum atomic E-state index is 11.9. The molecule has 0 aliphatic carbocycles. The summed E-state index contributed by atoms with van der Waals surface area (Å²) in [5.41, 5.74) is 0.796. The molecule has 1 aromatic carbocycles. The number of amides is 1. The predicted octanol–water partition coefficient (Wildman–Crippen LogP) is 3.38. The van der Waals surface area contributed by atoms with Crippen LogP contribution in [-0.2, 0) is 4.79 Å². The number of carbonyl (C=O) groups is 1. The number of guanidine groups is 1. The van der Waals surface area contributed by atoms with Gasteiger partial charge in [0.25, 0.3) is 0 Å². The van der Waals surface area contributed by atoms with Crippen molar-refractivity contribution in [2.75, 3.05) is 18.9 Å². The third-order valence-corrected chi connectivity index (χ3v) is 3.32. The van der Waals surface area contributed by atoms with Gasteiger partial charge in [-0.15, -0.1) is 24.0 Å². The Kier molecular flexibility index (Phi) is 12.4. The van der Waals surface area contributed by atoms with Crippen LogP contribution in [0.5, 0.6) is 0 Å². The van der Waals surface area contributed by atoms with Crippen LogP contribution in [0.25, 0.3) is 0 Å². The van der Waals surface area contributed by atoms with Crippen LogP contribution in [0.15, 0.2) is 35.3 Å². The highest BCUT2D eigenvalue weighted by Crippen LogP contribution is 2.04. The number of para-hydroxylation sites is 1. The Morgan fingerprint density at radius 3 is 2.52 bits per heavy atom. The lowest BCUT2D eigenvalue weighted by Gasteiger charge is -2.17. The number of nitrogens with one attached hydrogen (secondary N) is 3. The summed E-state index contributed by atoms with van der Waals surface area (Å²) in [6, 6.07) is 9.76. The van der Waals surface area contributed by atoms with Crippen molar-refractivity contribution in [1.82, 2.24) is 10.6 Å². The number of aliphatic imine (C=N–C) groups is 1. The number of carbonyl (C=O) groups excluding carboxylic acids is 1. The molecule has 1 rings (SSSR count). The van der Waals surface area contributed by atoms with Gasteiger partial charge in [-0.05, 0) is 25.5 Å². The third kappa shape index (κ3) is 10.1. The molecule has 0 saturated heterocycles. The summed E-state index contributed by atoms with van der Waals surface area (Å²) in [6.07, 6.45) is 4.78. The molecule has 130 valence electrons. The second kappa shape index (κ2) is 13.2. The van der Waals surface area contributed by atoms with Gasteiger partial charge in [-0.3, -0.25) is 9.79 Å². The molecule has 0 saturated carbocycles. The van der Waals surface area contributed by atoms with Gasteiger partial charge in [-0.1, -0.05) is 44.4 Å². The van der Waals surface area contributed by atoms with Crippen molar-refractivity contribution in [1.29, 1.82) is 0 Å². The van der Waals surface area contributed by atoms with Gasteiger partial charge in [0, 0.05) is 18.8 Å². The number of rotatable bonds is 8. The Balaban J connectivity index is 0.00000484. The molecule has 0 bridgehead atoms. The molecule has 1 atom stereocenters. The normalized spacial score (nSPS) is 12.0. The van der Waals surface area contributed by atoms with E-state index in [1.54, 1.807) is 7.05 Å². The van der Waals surface area contributed by atoms with E-state index in [2.05, 4.69) is 34.8 Å². The molecule has 1 aromatic rings. The van der Waals surface area contributed by atoms with E-state index in [1.807, 2.05) is 30.3 Å². The molecule has 0 fully saturated rings. The molecule has 23 heavy (non-hydrogen) atoms. The van der Waals surface area contributed by atoms with Crippen molar-refractivity contribution in [2.45, 2.75) is 45.6 Å². The molecule has 0 spiro atoms. The van der Waals surface area contributed by atoms with E-state index in [1.165, 1.54) is 19.3 Å². The van der Waals surface area contributed by atoms with Crippen molar-refractivity contribution < 1.29 is 4.79 Å². The molecule has 1 amide bonds. The molecule has 5 nitrogen and oxygen atoms in total. The summed E-state index contributed by atoms with van der Waals surface area (Å²) in [5, 5.41) is 9.17. The first-order chi connectivity index (χ1) is 10.7. The van der Waals surface area contributed by atoms with Gasteiger partial charge in [0.15, 0.2) is 5.96 Å². The molecule has 0 heterocycles. The molecule has 0 aliphatic heterocycles. The monoisotopic (exact) mass is 432 g/mol. The van der Waals surface area contributed by atoms with Crippen molar-refractivity contribution in [3.05, 3.63) is 30.3 Å². The van der Waals surface area contributed by atoms with Gasteiger partial charge in [0.2, 0.25) is 5.91 Å². The Labute approximate surface area is 156 Å². The summed E-state index contributed by atoms with van der Waals surface area (Å²) in [4.78, 5) is 16.0. The Morgan fingerprint density at radius 2 is 1.91 bits per heavy atom. The zero-order valence-electron chi connectivity index (χ0n) is 14.3. The van der Waals surface area contributed by atoms with E-state index in [0.717, 1.165) is 12.1 Å². The highest BCUT2D eigenvalue weighted by Gasteiger charge is 2.07. The second-order valence-electron chi connectivity index (χ2n) is 5.38. The minimum Gasteiger partial charge on any atom is -0.354 e. The molecule has 0 radical (unpaired) electrons. The number of hydrogen-bond acceptors (Lipinski definition) is 2. The Hall–Kier alpha value is -1.31. The van der Waals surface area contributed by atoms with Gasteiger partial charge < -0.3 is 16.0 Å². The SMILES string of the molecule is CCCCCC(C)NC(=NC)NCC(=O)Nc1ccccc1.I. The fraction of sp³-hybridized carbons (Fsp3) is 0.529. The fourth-order valence-corrected chi connectivity index (χ4v) is 2.09. The van der Waals surface area contributed by atoms with Crippen LogP contribution < -0.4 is 16.0 Å². The third-order valence-electron chi connectivity index (χ3n) is 3.32. The number of hydrogen-bond donors (Lipinski definition) is 3. The lowest BCUT2D eigenvalue weighted by molar-refractivity contribution is -0.115. The van der Waals surface area contributed by atoms with E-state index in [0.29, 0.717) is 12.0 Å². The smallest absolute Gasteiger partial charge is 0.243 e. The van der Waals surface area contributed by atoms with Gasteiger partial charge in [0.05, 0.1) is 6.54 Å². The number of unbranched alkanes of at least 4 members (excludes halogenated alkanes) is 2. The maximum absolute atomic E-state index is 11.9. The van der Waals surface area contributed by atoms with Crippen LogP contribution in [0, 0.1) is 0 Å². The molecule has 6 heteroatoms.